The van der Waals surface area contributed by atoms with E-state index in [9.17, 15) is 0 Å². The molecule has 3 nitrogen and oxygen atoms in total. The van der Waals surface area contributed by atoms with Gasteiger partial charge >= 0.3 is 0 Å². The Morgan fingerprint density at radius 1 is 1.05 bits per heavy atom. The number of aryl methyl sites for hydroxylation is 1. The number of rotatable bonds is 4. The molecule has 0 spiro atoms. The largest absolute Gasteiger partial charge is 0.493 e. The minimum Gasteiger partial charge on any atom is -0.493 e. The summed E-state index contributed by atoms with van der Waals surface area (Å²) in [5.41, 5.74) is 4.31. The average Bonchev–Trinajstić information content (AvgIpc) is 2.55. The van der Waals surface area contributed by atoms with Crippen molar-refractivity contribution in [2.75, 3.05) is 6.61 Å². The third-order valence-electron chi connectivity index (χ3n) is 3.87. The maximum Gasteiger partial charge on any atom is 0.119 e. The van der Waals surface area contributed by atoms with E-state index in [4.69, 9.17) is 9.94 Å². The highest BCUT2D eigenvalue weighted by atomic mass is 16.5. The molecular weight excluding hydrogens is 262 g/mol. The van der Waals surface area contributed by atoms with Crippen LogP contribution < -0.4 is 4.74 Å². The Morgan fingerprint density at radius 2 is 1.90 bits per heavy atom. The lowest BCUT2D eigenvalue weighted by molar-refractivity contribution is 0.316. The molecule has 0 saturated carbocycles. The molecule has 0 saturated heterocycles. The van der Waals surface area contributed by atoms with Crippen LogP contribution >= 0.6 is 0 Å². The summed E-state index contributed by atoms with van der Waals surface area (Å²) in [6, 6.07) is 16.4. The van der Waals surface area contributed by atoms with Crippen molar-refractivity contribution in [3.8, 4) is 5.75 Å². The van der Waals surface area contributed by atoms with E-state index in [2.05, 4.69) is 23.4 Å². The molecule has 3 heteroatoms. The van der Waals surface area contributed by atoms with E-state index >= 15 is 0 Å². The van der Waals surface area contributed by atoms with Crippen LogP contribution in [0.3, 0.4) is 0 Å². The molecule has 0 unspecified atom stereocenters. The van der Waals surface area contributed by atoms with Crippen molar-refractivity contribution in [2.24, 2.45) is 5.16 Å². The van der Waals surface area contributed by atoms with Gasteiger partial charge in [-0.1, -0.05) is 41.6 Å². The lowest BCUT2D eigenvalue weighted by Crippen LogP contribution is -2.12. The van der Waals surface area contributed by atoms with E-state index in [0.717, 1.165) is 42.7 Å². The number of fused-ring (bicyclic) bond motifs is 1. The van der Waals surface area contributed by atoms with Crippen LogP contribution in [0.2, 0.25) is 0 Å². The molecule has 0 amide bonds. The topological polar surface area (TPSA) is 41.8 Å². The van der Waals surface area contributed by atoms with Gasteiger partial charge in [0.25, 0.3) is 0 Å². The third kappa shape index (κ3) is 3.24. The Hall–Kier alpha value is -2.29. The van der Waals surface area contributed by atoms with E-state index in [1.807, 2.05) is 30.3 Å². The molecule has 0 heterocycles. The van der Waals surface area contributed by atoms with Gasteiger partial charge in [0.15, 0.2) is 0 Å². The van der Waals surface area contributed by atoms with E-state index in [1.165, 1.54) is 11.1 Å². The van der Waals surface area contributed by atoms with Gasteiger partial charge in [-0.15, -0.1) is 0 Å². The van der Waals surface area contributed by atoms with Gasteiger partial charge < -0.3 is 9.94 Å². The first-order chi connectivity index (χ1) is 10.4. The summed E-state index contributed by atoms with van der Waals surface area (Å²) in [7, 11) is 0. The van der Waals surface area contributed by atoms with Crippen LogP contribution in [0.5, 0.6) is 5.75 Å². The maximum absolute atomic E-state index is 9.10. The van der Waals surface area contributed by atoms with Gasteiger partial charge in [0.2, 0.25) is 0 Å². The zero-order valence-electron chi connectivity index (χ0n) is 12.0. The predicted molar refractivity (Wildman–Crippen MR) is 83.3 cm³/mol. The molecule has 0 aromatic heterocycles. The van der Waals surface area contributed by atoms with Gasteiger partial charge in [0.1, 0.15) is 5.75 Å². The van der Waals surface area contributed by atoms with Crippen LogP contribution in [0.4, 0.5) is 0 Å². The monoisotopic (exact) mass is 281 g/mol. The normalized spacial score (nSPS) is 15.7. The first-order valence-electron chi connectivity index (χ1n) is 7.38. The zero-order chi connectivity index (χ0) is 14.5. The second-order valence-electron chi connectivity index (χ2n) is 5.30. The Kier molecular flexibility index (Phi) is 4.20. The highest BCUT2D eigenvalue weighted by molar-refractivity contribution is 6.02. The number of nitrogens with zero attached hydrogens (tertiary/aromatic N) is 1. The molecule has 1 aliphatic carbocycles. The summed E-state index contributed by atoms with van der Waals surface area (Å²) in [5.74, 6) is 0.840. The summed E-state index contributed by atoms with van der Waals surface area (Å²) in [6.45, 7) is 0.647. The van der Waals surface area contributed by atoms with E-state index in [-0.39, 0.29) is 0 Å². The number of hydrogen-bond donors (Lipinski definition) is 1. The average molecular weight is 281 g/mol. The van der Waals surface area contributed by atoms with Crippen LogP contribution in [0.1, 0.15) is 29.5 Å². The van der Waals surface area contributed by atoms with Crippen molar-refractivity contribution >= 4 is 5.71 Å². The Labute approximate surface area is 124 Å². The van der Waals surface area contributed by atoms with E-state index in [0.29, 0.717) is 6.61 Å². The second kappa shape index (κ2) is 6.44. The van der Waals surface area contributed by atoms with Crippen molar-refractivity contribution in [3.05, 3.63) is 65.2 Å². The molecule has 21 heavy (non-hydrogen) atoms. The van der Waals surface area contributed by atoms with Gasteiger partial charge in [-0.25, -0.2) is 0 Å². The van der Waals surface area contributed by atoms with Crippen LogP contribution in [0.25, 0.3) is 0 Å². The van der Waals surface area contributed by atoms with Gasteiger partial charge in [-0.3, -0.25) is 0 Å². The first-order valence-corrected chi connectivity index (χ1v) is 7.38. The minimum atomic E-state index is 0.647. The van der Waals surface area contributed by atoms with Crippen molar-refractivity contribution in [3.63, 3.8) is 0 Å². The van der Waals surface area contributed by atoms with Crippen molar-refractivity contribution in [2.45, 2.75) is 25.7 Å². The maximum atomic E-state index is 9.10. The minimum absolute atomic E-state index is 0.647. The second-order valence-corrected chi connectivity index (χ2v) is 5.30. The first kappa shape index (κ1) is 13.7. The van der Waals surface area contributed by atoms with Crippen LogP contribution in [0, 0.1) is 0 Å². The molecule has 0 radical (unpaired) electrons. The van der Waals surface area contributed by atoms with Gasteiger partial charge in [0, 0.05) is 12.0 Å². The Bertz CT molecular complexity index is 635. The molecule has 0 atom stereocenters. The standard InChI is InChI=1S/C18H19NO2/c20-19-18-8-4-7-15-9-10-16(13-17(15)18)21-12-11-14-5-2-1-3-6-14/h1-3,5-6,9-10,13,20H,4,7-8,11-12H2/b19-18-. The summed E-state index contributed by atoms with van der Waals surface area (Å²) < 4.78 is 5.83. The molecular formula is C18H19NO2. The zero-order valence-corrected chi connectivity index (χ0v) is 12.0. The van der Waals surface area contributed by atoms with Crippen LogP contribution in [0.15, 0.2) is 53.7 Å². The molecule has 3 rings (SSSR count). The highest BCUT2D eigenvalue weighted by Crippen LogP contribution is 2.26. The molecule has 0 aliphatic heterocycles. The third-order valence-corrected chi connectivity index (χ3v) is 3.87. The SMILES string of the molecule is O/N=C1/CCCc2ccc(OCCc3ccccc3)cc21. The fourth-order valence-electron chi connectivity index (χ4n) is 2.75. The highest BCUT2D eigenvalue weighted by Gasteiger charge is 2.16. The van der Waals surface area contributed by atoms with Gasteiger partial charge in [0.05, 0.1) is 12.3 Å². The lowest BCUT2D eigenvalue weighted by atomic mass is 9.90. The quantitative estimate of drug-likeness (QED) is 0.683. The summed E-state index contributed by atoms with van der Waals surface area (Å²) in [5, 5.41) is 12.5. The number of oxime groups is 1. The van der Waals surface area contributed by atoms with Crippen LogP contribution in [-0.4, -0.2) is 17.5 Å². The van der Waals surface area contributed by atoms with Crippen molar-refractivity contribution in [1.82, 2.24) is 0 Å². The molecule has 108 valence electrons. The van der Waals surface area contributed by atoms with Crippen molar-refractivity contribution < 1.29 is 9.94 Å². The van der Waals surface area contributed by atoms with Gasteiger partial charge in [-0.2, -0.15) is 0 Å². The molecule has 0 bridgehead atoms. The Morgan fingerprint density at radius 3 is 2.71 bits per heavy atom. The number of hydrogen-bond acceptors (Lipinski definition) is 3. The number of benzene rings is 2. The van der Waals surface area contributed by atoms with Crippen molar-refractivity contribution in [1.29, 1.82) is 0 Å². The summed E-state index contributed by atoms with van der Waals surface area (Å²) in [6.07, 6.45) is 3.80. The van der Waals surface area contributed by atoms with Gasteiger partial charge in [-0.05, 0) is 42.5 Å². The van der Waals surface area contributed by atoms with E-state index in [1.54, 1.807) is 0 Å². The molecule has 2 aromatic rings. The van der Waals surface area contributed by atoms with E-state index < -0.39 is 0 Å². The fourth-order valence-corrected chi connectivity index (χ4v) is 2.75. The molecule has 1 N–H and O–H groups in total. The summed E-state index contributed by atoms with van der Waals surface area (Å²) in [4.78, 5) is 0. The summed E-state index contributed by atoms with van der Waals surface area (Å²) >= 11 is 0. The lowest BCUT2D eigenvalue weighted by Gasteiger charge is -2.18. The fraction of sp³-hybridized carbons (Fsp3) is 0.278. The Balaban J connectivity index is 1.67. The molecule has 0 fully saturated rings. The molecule has 1 aliphatic rings. The predicted octanol–water partition coefficient (Wildman–Crippen LogP) is 3.82. The van der Waals surface area contributed by atoms with Crippen LogP contribution in [-0.2, 0) is 12.8 Å². The molecule has 2 aromatic carbocycles. The smallest absolute Gasteiger partial charge is 0.119 e. The number of ether oxygens (including phenoxy) is 1.